The zero-order chi connectivity index (χ0) is 25.6. The van der Waals surface area contributed by atoms with Crippen molar-refractivity contribution in [2.45, 2.75) is 82.8 Å². The van der Waals surface area contributed by atoms with E-state index in [-0.39, 0.29) is 17.9 Å². The Bertz CT molecular complexity index is 824. The van der Waals surface area contributed by atoms with Crippen molar-refractivity contribution in [3.63, 3.8) is 0 Å². The number of methoxy groups -OCH3 is 1. The molecule has 9 heteroatoms. The standard InChI is InChI=1S/C25H41BrO6Si2/c1-24(2,3)34(7,8)32-25(23(27)28-4)15-14-21(31-33(5,6)18-26)22(16-25)30-19-29-17-20-12-10-9-11-13-20/h9-15,21-22H,16-19H2,1-8H3/t21-,22-,25+/m1/s1. The molecule has 3 atom stereocenters. The van der Waals surface area contributed by atoms with Crippen molar-refractivity contribution >= 4 is 38.5 Å². The molecule has 0 saturated heterocycles. The van der Waals surface area contributed by atoms with Gasteiger partial charge in [-0.1, -0.05) is 73.1 Å². The molecule has 0 fully saturated rings. The fraction of sp³-hybridized carbons (Fsp3) is 0.640. The third-order valence-electron chi connectivity index (χ3n) is 6.45. The molecule has 0 amide bonds. The maximum atomic E-state index is 13.1. The lowest BCUT2D eigenvalue weighted by Gasteiger charge is -2.46. The fourth-order valence-electron chi connectivity index (χ4n) is 3.45. The zero-order valence-corrected chi connectivity index (χ0v) is 25.4. The second kappa shape index (κ2) is 11.9. The normalized spacial score (nSPS) is 23.7. The third kappa shape index (κ3) is 7.84. The number of carbonyl (C=O) groups is 1. The summed E-state index contributed by atoms with van der Waals surface area (Å²) < 4.78 is 30.4. The molecule has 0 radical (unpaired) electrons. The van der Waals surface area contributed by atoms with Gasteiger partial charge < -0.3 is 23.1 Å². The number of carbonyl (C=O) groups excluding carboxylic acids is 1. The maximum Gasteiger partial charge on any atom is 0.341 e. The van der Waals surface area contributed by atoms with Gasteiger partial charge >= 0.3 is 5.97 Å². The van der Waals surface area contributed by atoms with Crippen LogP contribution >= 0.6 is 15.9 Å². The molecular weight excluding hydrogens is 532 g/mol. The summed E-state index contributed by atoms with van der Waals surface area (Å²) in [5.41, 5.74) is -0.151. The molecule has 6 nitrogen and oxygen atoms in total. The van der Waals surface area contributed by atoms with E-state index in [0.717, 1.165) is 10.5 Å². The molecule has 0 aliphatic heterocycles. The number of hydrogen-bond donors (Lipinski definition) is 0. The zero-order valence-electron chi connectivity index (χ0n) is 21.9. The summed E-state index contributed by atoms with van der Waals surface area (Å²) in [6.07, 6.45) is 3.31. The van der Waals surface area contributed by atoms with Crippen LogP contribution in [0.1, 0.15) is 32.8 Å². The van der Waals surface area contributed by atoms with Gasteiger partial charge in [0.15, 0.2) is 22.2 Å². The molecule has 0 aromatic heterocycles. The first-order chi connectivity index (χ1) is 15.8. The van der Waals surface area contributed by atoms with Gasteiger partial charge in [0.05, 0.1) is 25.9 Å². The van der Waals surface area contributed by atoms with Crippen molar-refractivity contribution in [3.8, 4) is 0 Å². The molecule has 0 saturated carbocycles. The van der Waals surface area contributed by atoms with Crippen LogP contribution in [-0.2, 0) is 34.5 Å². The number of halogens is 1. The Labute approximate surface area is 215 Å². The van der Waals surface area contributed by atoms with Gasteiger partial charge in [-0.05, 0) is 42.9 Å². The van der Waals surface area contributed by atoms with Crippen molar-refractivity contribution in [1.82, 2.24) is 0 Å². The quantitative estimate of drug-likeness (QED) is 0.0813. The Balaban J connectivity index is 2.26. The summed E-state index contributed by atoms with van der Waals surface area (Å²) in [6.45, 7) is 15.5. The van der Waals surface area contributed by atoms with Crippen molar-refractivity contribution in [2.75, 3.05) is 18.9 Å². The second-order valence-corrected chi connectivity index (χ2v) is 21.4. The van der Waals surface area contributed by atoms with E-state index in [2.05, 4.69) is 62.9 Å². The predicted molar refractivity (Wildman–Crippen MR) is 144 cm³/mol. The van der Waals surface area contributed by atoms with E-state index in [1.54, 1.807) is 0 Å². The number of ether oxygens (including phenoxy) is 3. The van der Waals surface area contributed by atoms with Crippen LogP contribution < -0.4 is 0 Å². The van der Waals surface area contributed by atoms with Crippen LogP contribution in [-0.4, -0.2) is 59.3 Å². The highest BCUT2D eigenvalue weighted by Crippen LogP contribution is 2.43. The Morgan fingerprint density at radius 1 is 1.15 bits per heavy atom. The van der Waals surface area contributed by atoms with Crippen LogP contribution in [0.3, 0.4) is 0 Å². The van der Waals surface area contributed by atoms with Crippen molar-refractivity contribution < 1.29 is 27.9 Å². The first-order valence-electron chi connectivity index (χ1n) is 11.7. The van der Waals surface area contributed by atoms with E-state index in [9.17, 15) is 4.79 Å². The smallest absolute Gasteiger partial charge is 0.341 e. The first-order valence-corrected chi connectivity index (χ1v) is 18.8. The molecule has 0 heterocycles. The van der Waals surface area contributed by atoms with Crippen LogP contribution in [0.2, 0.25) is 31.2 Å². The van der Waals surface area contributed by atoms with Crippen molar-refractivity contribution in [2.24, 2.45) is 0 Å². The van der Waals surface area contributed by atoms with Crippen molar-refractivity contribution in [3.05, 3.63) is 48.0 Å². The molecule has 1 aliphatic rings. The Morgan fingerprint density at radius 2 is 1.79 bits per heavy atom. The fourth-order valence-corrected chi connectivity index (χ4v) is 6.32. The molecule has 0 N–H and O–H groups in total. The van der Waals surface area contributed by atoms with Crippen LogP contribution in [0.4, 0.5) is 0 Å². The molecule has 0 spiro atoms. The summed E-state index contributed by atoms with van der Waals surface area (Å²) in [7, 11) is -2.88. The van der Waals surface area contributed by atoms with Crippen molar-refractivity contribution in [1.29, 1.82) is 0 Å². The summed E-state index contributed by atoms with van der Waals surface area (Å²) in [6, 6.07) is 9.94. The minimum absolute atomic E-state index is 0.0742. The Hall–Kier alpha value is -0.816. The number of hydrogen-bond acceptors (Lipinski definition) is 6. The van der Waals surface area contributed by atoms with Gasteiger partial charge in [-0.2, -0.15) is 0 Å². The number of alkyl halides is 1. The lowest BCUT2D eigenvalue weighted by Crippen LogP contribution is -2.58. The SMILES string of the molecule is COC(=O)[C@]1(O[Si](C)(C)C(C)(C)C)C=C[C@@H](O[Si](C)(C)CBr)[C@H](OCOCc2ccccc2)C1. The summed E-state index contributed by atoms with van der Waals surface area (Å²) in [5, 5.41) is -0.0742. The minimum Gasteiger partial charge on any atom is -0.467 e. The Morgan fingerprint density at radius 3 is 2.35 bits per heavy atom. The highest BCUT2D eigenvalue weighted by Gasteiger charge is 2.52. The lowest BCUT2D eigenvalue weighted by molar-refractivity contribution is -0.168. The van der Waals surface area contributed by atoms with Gasteiger partial charge in [0.2, 0.25) is 0 Å². The molecule has 192 valence electrons. The lowest BCUT2D eigenvalue weighted by atomic mass is 9.87. The average Bonchev–Trinajstić information content (AvgIpc) is 2.77. The van der Waals surface area contributed by atoms with E-state index >= 15 is 0 Å². The third-order valence-corrected chi connectivity index (χ3v) is 16.5. The average molecular weight is 574 g/mol. The number of benzene rings is 1. The van der Waals surface area contributed by atoms with E-state index in [1.807, 2.05) is 42.5 Å². The number of esters is 1. The highest BCUT2D eigenvalue weighted by molar-refractivity contribution is 9.09. The minimum atomic E-state index is -2.31. The van der Waals surface area contributed by atoms with Gasteiger partial charge in [0, 0.05) is 11.4 Å². The van der Waals surface area contributed by atoms with Crippen LogP contribution in [0, 0.1) is 0 Å². The summed E-state index contributed by atoms with van der Waals surface area (Å²) in [5.74, 6) is -0.414. The van der Waals surface area contributed by atoms with Gasteiger partial charge in [-0.15, -0.1) is 0 Å². The van der Waals surface area contributed by atoms with Crippen LogP contribution in [0.15, 0.2) is 42.5 Å². The van der Waals surface area contributed by atoms with Gasteiger partial charge in [0.25, 0.3) is 0 Å². The largest absolute Gasteiger partial charge is 0.467 e. The molecular formula is C25H41BrO6Si2. The topological polar surface area (TPSA) is 63.2 Å². The maximum absolute atomic E-state index is 13.1. The molecule has 1 aromatic carbocycles. The molecule has 1 aliphatic carbocycles. The monoisotopic (exact) mass is 572 g/mol. The van der Waals surface area contributed by atoms with Crippen LogP contribution in [0.25, 0.3) is 0 Å². The highest BCUT2D eigenvalue weighted by atomic mass is 79.9. The molecule has 0 unspecified atom stereocenters. The van der Waals surface area contributed by atoms with Gasteiger partial charge in [-0.3, -0.25) is 0 Å². The van der Waals surface area contributed by atoms with E-state index in [4.69, 9.17) is 23.1 Å². The van der Waals surface area contributed by atoms with Crippen LogP contribution in [0.5, 0.6) is 0 Å². The van der Waals surface area contributed by atoms with Gasteiger partial charge in [0.1, 0.15) is 6.79 Å². The Kier molecular flexibility index (Phi) is 10.3. The molecule has 0 bridgehead atoms. The second-order valence-electron chi connectivity index (χ2n) is 10.9. The predicted octanol–water partition coefficient (Wildman–Crippen LogP) is 5.96. The molecule has 34 heavy (non-hydrogen) atoms. The van der Waals surface area contributed by atoms with E-state index in [1.165, 1.54) is 7.11 Å². The summed E-state index contributed by atoms with van der Waals surface area (Å²) >= 11 is 3.58. The van der Waals surface area contributed by atoms with Gasteiger partial charge in [-0.25, -0.2) is 4.79 Å². The summed E-state index contributed by atoms with van der Waals surface area (Å²) in [4.78, 5) is 13.9. The van der Waals surface area contributed by atoms with E-state index < -0.39 is 34.3 Å². The number of rotatable bonds is 11. The first kappa shape index (κ1) is 29.4. The van der Waals surface area contributed by atoms with E-state index in [0.29, 0.717) is 13.0 Å². The molecule has 1 aromatic rings. The molecule has 2 rings (SSSR count).